The normalized spacial score (nSPS) is 28.7. The molecular weight excluding hydrogens is 320 g/mol. The second kappa shape index (κ2) is 6.70. The molecule has 2 atom stereocenters. The minimum atomic E-state index is 0.292. The molecule has 1 aliphatic rings. The van der Waals surface area contributed by atoms with Gasteiger partial charge >= 0.3 is 0 Å². The molecule has 0 spiro atoms. The predicted molar refractivity (Wildman–Crippen MR) is 87.8 cm³/mol. The van der Waals surface area contributed by atoms with E-state index in [1.807, 2.05) is 11.3 Å². The van der Waals surface area contributed by atoms with Gasteiger partial charge in [-0.3, -0.25) is 4.90 Å². The van der Waals surface area contributed by atoms with Crippen LogP contribution in [-0.2, 0) is 6.54 Å². The van der Waals surface area contributed by atoms with E-state index in [9.17, 15) is 0 Å². The van der Waals surface area contributed by atoms with E-state index in [0.717, 1.165) is 13.1 Å². The number of piperazine rings is 1. The molecule has 0 bridgehead atoms. The molecule has 2 rings (SSSR count). The number of rotatable bonds is 5. The zero-order valence-corrected chi connectivity index (χ0v) is 14.6. The van der Waals surface area contributed by atoms with E-state index in [1.54, 1.807) is 0 Å². The van der Waals surface area contributed by atoms with Gasteiger partial charge in [-0.2, -0.15) is 0 Å². The molecule has 1 aliphatic heterocycles. The summed E-state index contributed by atoms with van der Waals surface area (Å²) in [4.78, 5) is 4.14. The van der Waals surface area contributed by atoms with Gasteiger partial charge in [0.15, 0.2) is 0 Å². The molecule has 1 aromatic rings. The highest BCUT2D eigenvalue weighted by atomic mass is 79.9. The van der Waals surface area contributed by atoms with Crippen molar-refractivity contribution in [1.82, 2.24) is 10.2 Å². The van der Waals surface area contributed by atoms with E-state index < -0.39 is 0 Å². The van der Waals surface area contributed by atoms with E-state index in [4.69, 9.17) is 0 Å². The lowest BCUT2D eigenvalue weighted by Gasteiger charge is -2.48. The summed E-state index contributed by atoms with van der Waals surface area (Å²) in [6.07, 6.45) is 3.74. The van der Waals surface area contributed by atoms with Crippen LogP contribution in [0.15, 0.2) is 15.9 Å². The van der Waals surface area contributed by atoms with Gasteiger partial charge in [0.25, 0.3) is 0 Å². The number of thiophene rings is 1. The van der Waals surface area contributed by atoms with Gasteiger partial charge in [0.05, 0.1) is 3.79 Å². The Hall–Kier alpha value is 0.1000. The fourth-order valence-electron chi connectivity index (χ4n) is 2.80. The summed E-state index contributed by atoms with van der Waals surface area (Å²) in [5, 5.41) is 3.73. The van der Waals surface area contributed by atoms with Gasteiger partial charge in [0, 0.05) is 36.1 Å². The number of hydrogen-bond donors (Lipinski definition) is 1. The Balaban J connectivity index is 2.07. The smallest absolute Gasteiger partial charge is 0.0701 e. The maximum Gasteiger partial charge on any atom is 0.0701 e. The van der Waals surface area contributed by atoms with Crippen LogP contribution in [0.2, 0.25) is 0 Å². The van der Waals surface area contributed by atoms with E-state index in [-0.39, 0.29) is 0 Å². The zero-order valence-electron chi connectivity index (χ0n) is 12.2. The standard InChI is InChI=1S/C15H25BrN2S/c1-4-6-12-9-18(15(3,5-2)11-17-12)10-13-7-8-14(16)19-13/h7-8,12,17H,4-6,9-11H2,1-3H3. The van der Waals surface area contributed by atoms with Crippen molar-refractivity contribution in [2.75, 3.05) is 13.1 Å². The van der Waals surface area contributed by atoms with Gasteiger partial charge in [-0.05, 0) is 47.8 Å². The Morgan fingerprint density at radius 3 is 2.84 bits per heavy atom. The van der Waals surface area contributed by atoms with Gasteiger partial charge in [-0.1, -0.05) is 20.3 Å². The molecule has 0 aliphatic carbocycles. The molecular formula is C15H25BrN2S. The van der Waals surface area contributed by atoms with Gasteiger partial charge < -0.3 is 5.32 Å². The highest BCUT2D eigenvalue weighted by molar-refractivity contribution is 9.11. The van der Waals surface area contributed by atoms with E-state index in [2.05, 4.69) is 59.1 Å². The van der Waals surface area contributed by atoms with Crippen molar-refractivity contribution in [2.24, 2.45) is 0 Å². The van der Waals surface area contributed by atoms with Crippen molar-refractivity contribution in [2.45, 2.75) is 58.2 Å². The lowest BCUT2D eigenvalue weighted by Crippen LogP contribution is -2.62. The van der Waals surface area contributed by atoms with Crippen molar-refractivity contribution in [3.63, 3.8) is 0 Å². The van der Waals surface area contributed by atoms with Crippen molar-refractivity contribution in [3.8, 4) is 0 Å². The highest BCUT2D eigenvalue weighted by Crippen LogP contribution is 2.29. The van der Waals surface area contributed by atoms with E-state index in [1.165, 1.54) is 34.5 Å². The summed E-state index contributed by atoms with van der Waals surface area (Å²) in [5.74, 6) is 0. The molecule has 1 fully saturated rings. The highest BCUT2D eigenvalue weighted by Gasteiger charge is 2.36. The molecule has 0 radical (unpaired) electrons. The lowest BCUT2D eigenvalue weighted by molar-refractivity contribution is 0.0405. The molecule has 4 heteroatoms. The van der Waals surface area contributed by atoms with Crippen LogP contribution in [0.1, 0.15) is 44.9 Å². The maximum atomic E-state index is 3.73. The van der Waals surface area contributed by atoms with Gasteiger partial charge in [-0.25, -0.2) is 0 Å². The summed E-state index contributed by atoms with van der Waals surface area (Å²) in [5.41, 5.74) is 0.292. The molecule has 2 heterocycles. The van der Waals surface area contributed by atoms with Crippen LogP contribution in [0.5, 0.6) is 0 Å². The van der Waals surface area contributed by atoms with Crippen LogP contribution in [0.25, 0.3) is 0 Å². The van der Waals surface area contributed by atoms with Crippen LogP contribution in [0.3, 0.4) is 0 Å². The number of halogens is 1. The maximum absolute atomic E-state index is 3.73. The second-order valence-corrected chi connectivity index (χ2v) is 8.35. The average molecular weight is 345 g/mol. The fraction of sp³-hybridized carbons (Fsp3) is 0.733. The van der Waals surface area contributed by atoms with Gasteiger partial charge in [-0.15, -0.1) is 11.3 Å². The number of hydrogen-bond acceptors (Lipinski definition) is 3. The van der Waals surface area contributed by atoms with Crippen LogP contribution in [0, 0.1) is 0 Å². The Bertz CT molecular complexity index is 407. The van der Waals surface area contributed by atoms with E-state index >= 15 is 0 Å². The van der Waals surface area contributed by atoms with Crippen molar-refractivity contribution in [1.29, 1.82) is 0 Å². The molecule has 19 heavy (non-hydrogen) atoms. The summed E-state index contributed by atoms with van der Waals surface area (Å²) >= 11 is 5.43. The molecule has 1 N–H and O–H groups in total. The Morgan fingerprint density at radius 2 is 2.26 bits per heavy atom. The third-order valence-corrected chi connectivity index (χ3v) is 5.96. The Kier molecular flexibility index (Phi) is 5.46. The largest absolute Gasteiger partial charge is 0.311 e. The second-order valence-electron chi connectivity index (χ2n) is 5.80. The van der Waals surface area contributed by atoms with Crippen LogP contribution in [0.4, 0.5) is 0 Å². The first-order valence-electron chi connectivity index (χ1n) is 7.30. The third kappa shape index (κ3) is 3.81. The molecule has 1 saturated heterocycles. The summed E-state index contributed by atoms with van der Waals surface area (Å²) < 4.78 is 1.24. The summed E-state index contributed by atoms with van der Waals surface area (Å²) in [6, 6.07) is 5.07. The van der Waals surface area contributed by atoms with Crippen LogP contribution in [-0.4, -0.2) is 29.6 Å². The molecule has 2 nitrogen and oxygen atoms in total. The van der Waals surface area contributed by atoms with Crippen molar-refractivity contribution in [3.05, 3.63) is 20.8 Å². The number of nitrogens with one attached hydrogen (secondary N) is 1. The summed E-state index contributed by atoms with van der Waals surface area (Å²) in [7, 11) is 0. The molecule has 108 valence electrons. The first-order chi connectivity index (χ1) is 9.07. The minimum absolute atomic E-state index is 0.292. The zero-order chi connectivity index (χ0) is 13.9. The molecule has 0 amide bonds. The fourth-order valence-corrected chi connectivity index (χ4v) is 4.30. The lowest BCUT2D eigenvalue weighted by atomic mass is 9.91. The number of nitrogens with zero attached hydrogens (tertiary/aromatic N) is 1. The SMILES string of the molecule is CCCC1CN(Cc2ccc(Br)s2)C(C)(CC)CN1. The molecule has 1 aromatic heterocycles. The molecule has 0 saturated carbocycles. The topological polar surface area (TPSA) is 15.3 Å². The first-order valence-corrected chi connectivity index (χ1v) is 8.91. The molecule has 2 unspecified atom stereocenters. The Labute approximate surface area is 129 Å². The summed E-state index contributed by atoms with van der Waals surface area (Å²) in [6.45, 7) is 10.3. The monoisotopic (exact) mass is 344 g/mol. The van der Waals surface area contributed by atoms with Crippen molar-refractivity contribution >= 4 is 27.3 Å². The van der Waals surface area contributed by atoms with Gasteiger partial charge in [0.2, 0.25) is 0 Å². The molecule has 0 aromatic carbocycles. The van der Waals surface area contributed by atoms with Crippen molar-refractivity contribution < 1.29 is 0 Å². The predicted octanol–water partition coefficient (Wildman–Crippen LogP) is 4.25. The average Bonchev–Trinajstić information content (AvgIpc) is 2.80. The third-order valence-electron chi connectivity index (χ3n) is 4.35. The Morgan fingerprint density at radius 1 is 1.47 bits per heavy atom. The van der Waals surface area contributed by atoms with Gasteiger partial charge in [0.1, 0.15) is 0 Å². The van der Waals surface area contributed by atoms with Crippen LogP contribution < -0.4 is 5.32 Å². The first kappa shape index (κ1) is 15.5. The minimum Gasteiger partial charge on any atom is -0.311 e. The van der Waals surface area contributed by atoms with Crippen LogP contribution >= 0.6 is 27.3 Å². The van der Waals surface area contributed by atoms with E-state index in [0.29, 0.717) is 11.6 Å². The quantitative estimate of drug-likeness (QED) is 0.858.